The van der Waals surface area contributed by atoms with E-state index in [9.17, 15) is 10.5 Å². The molecule has 0 fully saturated rings. The summed E-state index contributed by atoms with van der Waals surface area (Å²) in [4.78, 5) is 8.61. The van der Waals surface area contributed by atoms with Crippen molar-refractivity contribution in [3.63, 3.8) is 0 Å². The number of nitrogens with zero attached hydrogens (tertiary/aromatic N) is 6. The lowest BCUT2D eigenvalue weighted by Crippen LogP contribution is -1.93. The summed E-state index contributed by atoms with van der Waals surface area (Å²) < 4.78 is 3.41. The van der Waals surface area contributed by atoms with Gasteiger partial charge in [-0.1, -0.05) is 0 Å². The van der Waals surface area contributed by atoms with E-state index in [0.29, 0.717) is 44.6 Å². The van der Waals surface area contributed by atoms with Crippen LogP contribution in [0.1, 0.15) is 11.1 Å². The first-order valence-corrected chi connectivity index (χ1v) is 7.62. The van der Waals surface area contributed by atoms with Crippen molar-refractivity contribution in [3.8, 4) is 12.1 Å². The Morgan fingerprint density at radius 2 is 1.23 bits per heavy atom. The molecular weight excluding hydrogens is 328 g/mol. The highest BCUT2D eigenvalue weighted by Crippen LogP contribution is 2.27. The van der Waals surface area contributed by atoms with E-state index in [1.165, 1.54) is 0 Å². The molecule has 4 aromatic heterocycles. The molecule has 0 aromatic carbocycles. The highest BCUT2D eigenvalue weighted by Gasteiger charge is 2.12. The molecule has 8 heteroatoms. The number of hydrogen-bond donors (Lipinski definition) is 2. The van der Waals surface area contributed by atoms with Gasteiger partial charge in [-0.2, -0.15) is 10.5 Å². The fraction of sp³-hybridized carbons (Fsp3) is 0. The molecule has 0 unspecified atom stereocenters. The predicted octanol–water partition coefficient (Wildman–Crippen LogP) is 2.38. The van der Waals surface area contributed by atoms with Crippen LogP contribution >= 0.6 is 0 Å². The molecule has 0 saturated carbocycles. The molecule has 4 aromatic rings. The Kier molecular flexibility index (Phi) is 3.31. The van der Waals surface area contributed by atoms with Gasteiger partial charge >= 0.3 is 0 Å². The Bertz CT molecular complexity index is 1180. The zero-order valence-electron chi connectivity index (χ0n) is 13.5. The third-order valence-corrected chi connectivity index (χ3v) is 4.12. The Labute approximate surface area is 147 Å². The van der Waals surface area contributed by atoms with Crippen molar-refractivity contribution in [2.24, 2.45) is 0 Å². The summed E-state index contributed by atoms with van der Waals surface area (Å²) >= 11 is 0. The van der Waals surface area contributed by atoms with E-state index >= 15 is 0 Å². The summed E-state index contributed by atoms with van der Waals surface area (Å²) in [7, 11) is 0. The SMILES string of the molecule is N#Cc1cn(/C=C/n2cc(C#N)c3c(N)ccnc32)c2nccc(N)c12. The standard InChI is InChI=1S/C18H12N8/c19-7-11-9-25(17-15(11)13(21)1-3-23-17)5-6-26-10-12(8-20)16-14(22)2-4-24-18(16)26/h1-6,9-10H,(H2,21,23)(H2,22,24)/b6-5+. The Balaban J connectivity index is 1.89. The van der Waals surface area contributed by atoms with Crippen molar-refractivity contribution in [3.05, 3.63) is 48.0 Å². The Morgan fingerprint density at radius 1 is 0.808 bits per heavy atom. The number of fused-ring (bicyclic) bond motifs is 2. The predicted molar refractivity (Wildman–Crippen MR) is 99.2 cm³/mol. The number of rotatable bonds is 2. The van der Waals surface area contributed by atoms with Gasteiger partial charge in [0.1, 0.15) is 23.4 Å². The molecule has 0 aliphatic rings. The lowest BCUT2D eigenvalue weighted by atomic mass is 10.2. The van der Waals surface area contributed by atoms with Crippen molar-refractivity contribution in [1.29, 1.82) is 10.5 Å². The monoisotopic (exact) mass is 340 g/mol. The highest BCUT2D eigenvalue weighted by molar-refractivity contribution is 5.96. The molecule has 0 radical (unpaired) electrons. The van der Waals surface area contributed by atoms with E-state index in [1.807, 2.05) is 0 Å². The summed E-state index contributed by atoms with van der Waals surface area (Å²) in [5.41, 5.74) is 14.9. The van der Waals surface area contributed by atoms with Crippen LogP contribution in [0.2, 0.25) is 0 Å². The normalized spacial score (nSPS) is 11.2. The summed E-state index contributed by atoms with van der Waals surface area (Å²) in [5, 5.41) is 19.9. The van der Waals surface area contributed by atoms with E-state index in [2.05, 4.69) is 22.1 Å². The van der Waals surface area contributed by atoms with Crippen molar-refractivity contribution >= 4 is 45.8 Å². The third-order valence-electron chi connectivity index (χ3n) is 4.12. The minimum absolute atomic E-state index is 0.438. The highest BCUT2D eigenvalue weighted by atomic mass is 15.1. The molecule has 0 aliphatic heterocycles. The summed E-state index contributed by atoms with van der Waals surface area (Å²) in [6, 6.07) is 7.56. The molecule has 0 bridgehead atoms. The fourth-order valence-electron chi connectivity index (χ4n) is 2.94. The number of nitrogens with two attached hydrogens (primary N) is 2. The Morgan fingerprint density at radius 3 is 1.62 bits per heavy atom. The van der Waals surface area contributed by atoms with Gasteiger partial charge in [0.25, 0.3) is 0 Å². The van der Waals surface area contributed by atoms with Crippen LogP contribution in [-0.4, -0.2) is 19.1 Å². The van der Waals surface area contributed by atoms with E-state index in [1.54, 1.807) is 58.5 Å². The van der Waals surface area contributed by atoms with Crippen molar-refractivity contribution in [1.82, 2.24) is 19.1 Å². The maximum atomic E-state index is 9.33. The molecule has 124 valence electrons. The number of nitriles is 2. The van der Waals surface area contributed by atoms with Gasteiger partial charge in [-0.15, -0.1) is 0 Å². The number of aromatic nitrogens is 4. The third kappa shape index (κ3) is 2.14. The van der Waals surface area contributed by atoms with Crippen LogP contribution in [0.25, 0.3) is 34.5 Å². The van der Waals surface area contributed by atoms with Crippen LogP contribution in [0.15, 0.2) is 36.9 Å². The van der Waals surface area contributed by atoms with Crippen LogP contribution in [0, 0.1) is 22.7 Å². The molecule has 0 atom stereocenters. The fourth-order valence-corrected chi connectivity index (χ4v) is 2.94. The van der Waals surface area contributed by atoms with Gasteiger partial charge in [0.2, 0.25) is 0 Å². The van der Waals surface area contributed by atoms with Gasteiger partial charge < -0.3 is 20.6 Å². The van der Waals surface area contributed by atoms with E-state index < -0.39 is 0 Å². The summed E-state index contributed by atoms with van der Waals surface area (Å²) in [5.74, 6) is 0. The largest absolute Gasteiger partial charge is 0.398 e. The van der Waals surface area contributed by atoms with Gasteiger partial charge in [-0.05, 0) is 12.1 Å². The molecule has 0 saturated heterocycles. The van der Waals surface area contributed by atoms with Gasteiger partial charge in [-0.3, -0.25) is 0 Å². The van der Waals surface area contributed by atoms with Crippen molar-refractivity contribution < 1.29 is 0 Å². The molecule has 0 spiro atoms. The topological polar surface area (TPSA) is 135 Å². The lowest BCUT2D eigenvalue weighted by Gasteiger charge is -2.00. The summed E-state index contributed by atoms with van der Waals surface area (Å²) in [6.45, 7) is 0. The number of anilines is 2. The number of nitrogen functional groups attached to an aromatic ring is 2. The number of pyridine rings is 2. The minimum atomic E-state index is 0.438. The molecule has 4 rings (SSSR count). The Hall–Kier alpha value is -4.30. The van der Waals surface area contributed by atoms with Gasteiger partial charge in [0.15, 0.2) is 0 Å². The average molecular weight is 340 g/mol. The zero-order chi connectivity index (χ0) is 18.3. The van der Waals surface area contributed by atoms with Crippen molar-refractivity contribution in [2.45, 2.75) is 0 Å². The second-order valence-electron chi connectivity index (χ2n) is 5.62. The molecule has 0 amide bonds. The second kappa shape index (κ2) is 5.65. The summed E-state index contributed by atoms with van der Waals surface area (Å²) in [6.07, 6.45) is 9.93. The van der Waals surface area contributed by atoms with Gasteiger partial charge in [0, 0.05) is 48.6 Å². The molecule has 4 N–H and O–H groups in total. The maximum absolute atomic E-state index is 9.33. The minimum Gasteiger partial charge on any atom is -0.398 e. The lowest BCUT2D eigenvalue weighted by molar-refractivity contribution is 1.13. The van der Waals surface area contributed by atoms with E-state index in [-0.39, 0.29) is 0 Å². The zero-order valence-corrected chi connectivity index (χ0v) is 13.5. The quantitative estimate of drug-likeness (QED) is 0.575. The first-order valence-electron chi connectivity index (χ1n) is 7.62. The van der Waals surface area contributed by atoms with Crippen LogP contribution < -0.4 is 11.5 Å². The van der Waals surface area contributed by atoms with Crippen molar-refractivity contribution in [2.75, 3.05) is 11.5 Å². The van der Waals surface area contributed by atoms with Gasteiger partial charge in [0.05, 0.1) is 21.9 Å². The number of hydrogen-bond acceptors (Lipinski definition) is 6. The molecular formula is C18H12N8. The molecule has 26 heavy (non-hydrogen) atoms. The molecule has 4 heterocycles. The van der Waals surface area contributed by atoms with Crippen LogP contribution in [-0.2, 0) is 0 Å². The molecule has 8 nitrogen and oxygen atoms in total. The van der Waals surface area contributed by atoms with Gasteiger partial charge in [-0.25, -0.2) is 9.97 Å². The smallest absolute Gasteiger partial charge is 0.147 e. The van der Waals surface area contributed by atoms with Crippen LogP contribution in [0.3, 0.4) is 0 Å². The average Bonchev–Trinajstić information content (AvgIpc) is 3.20. The maximum Gasteiger partial charge on any atom is 0.147 e. The van der Waals surface area contributed by atoms with Crippen LogP contribution in [0.4, 0.5) is 11.4 Å². The molecule has 0 aliphatic carbocycles. The van der Waals surface area contributed by atoms with E-state index in [0.717, 1.165) is 0 Å². The first kappa shape index (κ1) is 15.2. The van der Waals surface area contributed by atoms with Crippen LogP contribution in [0.5, 0.6) is 0 Å². The second-order valence-corrected chi connectivity index (χ2v) is 5.62. The van der Waals surface area contributed by atoms with E-state index in [4.69, 9.17) is 11.5 Å². The first-order chi connectivity index (χ1) is 12.6.